The van der Waals surface area contributed by atoms with Gasteiger partial charge in [-0.2, -0.15) is 0 Å². The Balaban J connectivity index is 2.01. The Morgan fingerprint density at radius 3 is 2.57 bits per heavy atom. The van der Waals surface area contributed by atoms with Crippen LogP contribution in [0.1, 0.15) is 38.3 Å². The lowest BCUT2D eigenvalue weighted by atomic mass is 9.96. The predicted octanol–water partition coefficient (Wildman–Crippen LogP) is 2.19. The Bertz CT molecular complexity index is 559. The van der Waals surface area contributed by atoms with Crippen LogP contribution in [0.4, 0.5) is 4.39 Å². The van der Waals surface area contributed by atoms with E-state index in [1.54, 1.807) is 17.0 Å². The van der Waals surface area contributed by atoms with E-state index < -0.39 is 12.0 Å². The maximum absolute atomic E-state index is 13.1. The molecule has 1 amide bonds. The summed E-state index contributed by atoms with van der Waals surface area (Å²) in [4.78, 5) is 25.2. The van der Waals surface area contributed by atoms with Gasteiger partial charge in [-0.3, -0.25) is 14.5 Å². The molecular weight excluding hydrogens is 299 g/mol. The lowest BCUT2D eigenvalue weighted by Crippen LogP contribution is -2.44. The molecular formula is C17H23FN2O3. The Kier molecular flexibility index (Phi) is 5.71. The lowest BCUT2D eigenvalue weighted by Gasteiger charge is -2.26. The third-order valence-electron chi connectivity index (χ3n) is 4.21. The molecule has 1 aliphatic heterocycles. The second-order valence-corrected chi connectivity index (χ2v) is 6.31. The van der Waals surface area contributed by atoms with Crippen molar-refractivity contribution in [3.05, 3.63) is 35.6 Å². The van der Waals surface area contributed by atoms with Crippen molar-refractivity contribution in [2.75, 3.05) is 13.1 Å². The van der Waals surface area contributed by atoms with Crippen LogP contribution in [0.25, 0.3) is 0 Å². The third-order valence-corrected chi connectivity index (χ3v) is 4.21. The van der Waals surface area contributed by atoms with Crippen LogP contribution in [0, 0.1) is 11.7 Å². The average molecular weight is 322 g/mol. The molecule has 0 spiro atoms. The van der Waals surface area contributed by atoms with Gasteiger partial charge >= 0.3 is 5.97 Å². The molecule has 0 saturated carbocycles. The summed E-state index contributed by atoms with van der Waals surface area (Å²) in [7, 11) is 0. The van der Waals surface area contributed by atoms with Gasteiger partial charge < -0.3 is 10.4 Å². The molecule has 6 heteroatoms. The highest BCUT2D eigenvalue weighted by atomic mass is 19.1. The molecule has 1 aromatic rings. The number of halogens is 1. The van der Waals surface area contributed by atoms with Gasteiger partial charge in [0.2, 0.25) is 5.91 Å². The number of amides is 1. The second-order valence-electron chi connectivity index (χ2n) is 6.31. The van der Waals surface area contributed by atoms with Crippen LogP contribution in [0.2, 0.25) is 0 Å². The number of carbonyl (C=O) groups is 2. The van der Waals surface area contributed by atoms with Crippen LogP contribution in [0.5, 0.6) is 0 Å². The molecule has 1 aromatic carbocycles. The molecule has 2 N–H and O–H groups in total. The van der Waals surface area contributed by atoms with Gasteiger partial charge in [0.25, 0.3) is 0 Å². The summed E-state index contributed by atoms with van der Waals surface area (Å²) >= 11 is 0. The van der Waals surface area contributed by atoms with E-state index in [1.165, 1.54) is 12.1 Å². The van der Waals surface area contributed by atoms with Crippen LogP contribution in [-0.2, 0) is 9.59 Å². The van der Waals surface area contributed by atoms with Gasteiger partial charge in [0.15, 0.2) is 0 Å². The van der Waals surface area contributed by atoms with E-state index in [0.717, 1.165) is 12.0 Å². The normalized spacial score (nSPS) is 19.7. The summed E-state index contributed by atoms with van der Waals surface area (Å²) in [6.07, 6.45) is 1.37. The number of nitrogens with zero attached hydrogens (tertiary/aromatic N) is 1. The number of hydrogen-bond donors (Lipinski definition) is 2. The number of hydrogen-bond acceptors (Lipinski definition) is 3. The molecule has 23 heavy (non-hydrogen) atoms. The summed E-state index contributed by atoms with van der Waals surface area (Å²) in [5.74, 6) is -1.27. The van der Waals surface area contributed by atoms with Crippen molar-refractivity contribution in [2.24, 2.45) is 5.92 Å². The summed E-state index contributed by atoms with van der Waals surface area (Å²) in [6, 6.07) is 5.26. The molecule has 0 bridgehead atoms. The largest absolute Gasteiger partial charge is 0.480 e. The van der Waals surface area contributed by atoms with E-state index in [0.29, 0.717) is 13.0 Å². The minimum Gasteiger partial charge on any atom is -0.480 e. The molecule has 1 fully saturated rings. The van der Waals surface area contributed by atoms with E-state index in [2.05, 4.69) is 5.32 Å². The second kappa shape index (κ2) is 7.55. The van der Waals surface area contributed by atoms with E-state index in [1.807, 2.05) is 13.8 Å². The van der Waals surface area contributed by atoms with Gasteiger partial charge in [0, 0.05) is 0 Å². The molecule has 2 rings (SSSR count). The number of aliphatic carboxylic acids is 1. The van der Waals surface area contributed by atoms with E-state index >= 15 is 0 Å². The van der Waals surface area contributed by atoms with E-state index in [9.17, 15) is 14.0 Å². The van der Waals surface area contributed by atoms with Gasteiger partial charge in [-0.1, -0.05) is 26.0 Å². The maximum atomic E-state index is 13.1. The number of likely N-dealkylation sites (tertiary alicyclic amines) is 1. The molecule has 1 aliphatic rings. The third kappa shape index (κ3) is 4.51. The highest BCUT2D eigenvalue weighted by Crippen LogP contribution is 2.22. The first-order valence-corrected chi connectivity index (χ1v) is 7.90. The van der Waals surface area contributed by atoms with Gasteiger partial charge in [-0.25, -0.2) is 4.39 Å². The van der Waals surface area contributed by atoms with E-state index in [-0.39, 0.29) is 30.2 Å². The van der Waals surface area contributed by atoms with Crippen LogP contribution in [-0.4, -0.2) is 41.0 Å². The first-order valence-electron chi connectivity index (χ1n) is 7.90. The van der Waals surface area contributed by atoms with Crippen molar-refractivity contribution in [1.29, 1.82) is 0 Å². The Morgan fingerprint density at radius 2 is 2.00 bits per heavy atom. The van der Waals surface area contributed by atoms with Crippen molar-refractivity contribution in [1.82, 2.24) is 10.2 Å². The number of rotatable bonds is 6. The number of carboxylic acid groups (broad SMARTS) is 1. The van der Waals surface area contributed by atoms with Gasteiger partial charge in [-0.05, 0) is 43.0 Å². The first-order chi connectivity index (χ1) is 10.9. The predicted molar refractivity (Wildman–Crippen MR) is 84.4 cm³/mol. The number of carbonyl (C=O) groups excluding carboxylic acids is 1. The molecule has 0 unspecified atom stereocenters. The number of benzene rings is 1. The fraction of sp³-hybridized carbons (Fsp3) is 0.529. The number of nitrogens with one attached hydrogen (secondary N) is 1. The van der Waals surface area contributed by atoms with Crippen molar-refractivity contribution in [3.63, 3.8) is 0 Å². The minimum atomic E-state index is -0.880. The molecule has 0 radical (unpaired) electrons. The monoisotopic (exact) mass is 322 g/mol. The zero-order valence-electron chi connectivity index (χ0n) is 13.5. The van der Waals surface area contributed by atoms with E-state index in [4.69, 9.17) is 5.11 Å². The standard InChI is InChI=1S/C17H23FN2O3/c1-11(2)16(12-5-7-13(18)8-6-12)19-15(21)10-20-9-3-4-14(20)17(22)23/h5-8,11,14,16H,3-4,9-10H2,1-2H3,(H,19,21)(H,22,23)/t14-,16+/m1/s1. The molecule has 0 aliphatic carbocycles. The zero-order chi connectivity index (χ0) is 17.0. The highest BCUT2D eigenvalue weighted by molar-refractivity contribution is 5.80. The minimum absolute atomic E-state index is 0.0708. The summed E-state index contributed by atoms with van der Waals surface area (Å²) in [5, 5.41) is 12.1. The molecule has 1 heterocycles. The molecule has 1 saturated heterocycles. The first kappa shape index (κ1) is 17.4. The fourth-order valence-electron chi connectivity index (χ4n) is 3.00. The Morgan fingerprint density at radius 1 is 1.35 bits per heavy atom. The molecule has 5 nitrogen and oxygen atoms in total. The Hall–Kier alpha value is -1.95. The van der Waals surface area contributed by atoms with Crippen LogP contribution < -0.4 is 5.32 Å². The van der Waals surface area contributed by atoms with Crippen molar-refractivity contribution < 1.29 is 19.1 Å². The fourth-order valence-corrected chi connectivity index (χ4v) is 3.00. The van der Waals surface area contributed by atoms with Crippen LogP contribution in [0.15, 0.2) is 24.3 Å². The van der Waals surface area contributed by atoms with Crippen LogP contribution in [0.3, 0.4) is 0 Å². The highest BCUT2D eigenvalue weighted by Gasteiger charge is 2.32. The van der Waals surface area contributed by atoms with Gasteiger partial charge in [-0.15, -0.1) is 0 Å². The molecule has 126 valence electrons. The van der Waals surface area contributed by atoms with Crippen LogP contribution >= 0.6 is 0 Å². The van der Waals surface area contributed by atoms with Gasteiger partial charge in [0.1, 0.15) is 11.9 Å². The smallest absolute Gasteiger partial charge is 0.320 e. The van der Waals surface area contributed by atoms with Crippen molar-refractivity contribution in [2.45, 2.75) is 38.8 Å². The van der Waals surface area contributed by atoms with Crippen molar-refractivity contribution in [3.8, 4) is 0 Å². The molecule has 0 aromatic heterocycles. The number of carboxylic acids is 1. The quantitative estimate of drug-likeness (QED) is 0.842. The lowest BCUT2D eigenvalue weighted by molar-refractivity contribution is -0.142. The summed E-state index contributed by atoms with van der Waals surface area (Å²) in [5.41, 5.74) is 0.839. The van der Waals surface area contributed by atoms with Crippen molar-refractivity contribution >= 4 is 11.9 Å². The summed E-state index contributed by atoms with van der Waals surface area (Å²) < 4.78 is 13.1. The Labute approximate surface area is 135 Å². The molecule has 2 atom stereocenters. The average Bonchev–Trinajstić information content (AvgIpc) is 2.94. The zero-order valence-corrected chi connectivity index (χ0v) is 13.5. The topological polar surface area (TPSA) is 69.6 Å². The summed E-state index contributed by atoms with van der Waals surface area (Å²) in [6.45, 7) is 4.64. The maximum Gasteiger partial charge on any atom is 0.320 e. The van der Waals surface area contributed by atoms with Gasteiger partial charge in [0.05, 0.1) is 12.6 Å². The SMILES string of the molecule is CC(C)[C@H](NC(=O)CN1CCC[C@@H]1C(=O)O)c1ccc(F)cc1.